The lowest BCUT2D eigenvalue weighted by molar-refractivity contribution is 0.0377. The smallest absolute Gasteiger partial charge is 0.0468 e. The fourth-order valence-electron chi connectivity index (χ4n) is 1.43. The average molecular weight is 144 g/mol. The molecular formula is C8H16O2. The summed E-state index contributed by atoms with van der Waals surface area (Å²) in [6.45, 7) is 4.20. The molecule has 1 N–H and O–H groups in total. The quantitative estimate of drug-likeness (QED) is 0.627. The first kappa shape index (κ1) is 8.02. The van der Waals surface area contributed by atoms with Crippen molar-refractivity contribution in [2.24, 2.45) is 11.8 Å². The third kappa shape index (κ3) is 1.96. The Morgan fingerprint density at radius 1 is 1.50 bits per heavy atom. The maximum absolute atomic E-state index is 8.85. The molecule has 1 atom stereocenters. The normalized spacial score (nSPS) is 24.6. The maximum atomic E-state index is 8.85. The van der Waals surface area contributed by atoms with Gasteiger partial charge in [0.25, 0.3) is 0 Å². The Balaban J connectivity index is 2.24. The molecule has 2 nitrogen and oxygen atoms in total. The summed E-state index contributed by atoms with van der Waals surface area (Å²) in [6.07, 6.45) is 2.25. The lowest BCUT2D eigenvalue weighted by Crippen LogP contribution is -2.23. The minimum Gasteiger partial charge on any atom is -0.396 e. The monoisotopic (exact) mass is 144 g/mol. The van der Waals surface area contributed by atoms with Gasteiger partial charge in [-0.3, -0.25) is 0 Å². The van der Waals surface area contributed by atoms with Gasteiger partial charge in [-0.25, -0.2) is 0 Å². The van der Waals surface area contributed by atoms with E-state index in [9.17, 15) is 0 Å². The second-order valence-electron chi connectivity index (χ2n) is 3.11. The summed E-state index contributed by atoms with van der Waals surface area (Å²) in [6, 6.07) is 0. The van der Waals surface area contributed by atoms with Crippen molar-refractivity contribution in [3.05, 3.63) is 0 Å². The molecule has 60 valence electrons. The second-order valence-corrected chi connectivity index (χ2v) is 3.11. The molecule has 0 aliphatic carbocycles. The Morgan fingerprint density at radius 3 is 2.60 bits per heavy atom. The Morgan fingerprint density at radius 2 is 2.10 bits per heavy atom. The topological polar surface area (TPSA) is 29.5 Å². The van der Waals surface area contributed by atoms with Crippen molar-refractivity contribution in [2.45, 2.75) is 19.8 Å². The predicted molar refractivity (Wildman–Crippen MR) is 39.8 cm³/mol. The van der Waals surface area contributed by atoms with Crippen molar-refractivity contribution in [2.75, 3.05) is 19.8 Å². The molecule has 0 aromatic heterocycles. The molecule has 1 heterocycles. The van der Waals surface area contributed by atoms with Crippen LogP contribution in [0, 0.1) is 11.8 Å². The Kier molecular flexibility index (Phi) is 3.16. The van der Waals surface area contributed by atoms with Gasteiger partial charge in [0, 0.05) is 19.8 Å². The lowest BCUT2D eigenvalue weighted by Gasteiger charge is -2.26. The van der Waals surface area contributed by atoms with Crippen LogP contribution in [0.15, 0.2) is 0 Å². The van der Waals surface area contributed by atoms with Crippen molar-refractivity contribution in [3.63, 3.8) is 0 Å². The van der Waals surface area contributed by atoms with Crippen LogP contribution in [-0.2, 0) is 4.74 Å². The van der Waals surface area contributed by atoms with Gasteiger partial charge < -0.3 is 9.84 Å². The fraction of sp³-hybridized carbons (Fsp3) is 1.00. The highest BCUT2D eigenvalue weighted by molar-refractivity contribution is 4.68. The number of hydrogen-bond acceptors (Lipinski definition) is 2. The highest BCUT2D eigenvalue weighted by atomic mass is 16.5. The zero-order valence-corrected chi connectivity index (χ0v) is 6.55. The summed E-state index contributed by atoms with van der Waals surface area (Å²) < 4.78 is 5.21. The summed E-state index contributed by atoms with van der Waals surface area (Å²) in [7, 11) is 0. The molecule has 1 saturated heterocycles. The van der Waals surface area contributed by atoms with E-state index in [1.165, 1.54) is 0 Å². The first-order valence-electron chi connectivity index (χ1n) is 4.03. The van der Waals surface area contributed by atoms with Crippen molar-refractivity contribution in [1.29, 1.82) is 0 Å². The summed E-state index contributed by atoms with van der Waals surface area (Å²) >= 11 is 0. The molecule has 1 aliphatic rings. The van der Waals surface area contributed by atoms with Crippen molar-refractivity contribution < 1.29 is 9.84 Å². The van der Waals surface area contributed by atoms with Crippen LogP contribution in [-0.4, -0.2) is 24.9 Å². The zero-order chi connectivity index (χ0) is 7.40. The minimum absolute atomic E-state index is 0.324. The van der Waals surface area contributed by atoms with Gasteiger partial charge in [-0.05, 0) is 24.7 Å². The van der Waals surface area contributed by atoms with Crippen LogP contribution in [0.3, 0.4) is 0 Å². The number of hydrogen-bond donors (Lipinski definition) is 1. The van der Waals surface area contributed by atoms with Gasteiger partial charge in [0.1, 0.15) is 0 Å². The van der Waals surface area contributed by atoms with E-state index >= 15 is 0 Å². The first-order chi connectivity index (χ1) is 4.84. The predicted octanol–water partition coefficient (Wildman–Crippen LogP) is 1.04. The van der Waals surface area contributed by atoms with Crippen LogP contribution in [0.1, 0.15) is 19.8 Å². The fourth-order valence-corrected chi connectivity index (χ4v) is 1.43. The molecule has 1 fully saturated rings. The molecule has 0 aromatic carbocycles. The van der Waals surface area contributed by atoms with Crippen molar-refractivity contribution >= 4 is 0 Å². The van der Waals surface area contributed by atoms with E-state index in [1.54, 1.807) is 0 Å². The van der Waals surface area contributed by atoms with E-state index < -0.39 is 0 Å². The molecule has 0 bridgehead atoms. The average Bonchev–Trinajstić information content (AvgIpc) is 2.05. The number of rotatable bonds is 2. The molecule has 0 saturated carbocycles. The number of aliphatic hydroxyl groups excluding tert-OH is 1. The Labute approximate surface area is 62.2 Å². The second kappa shape index (κ2) is 3.94. The third-order valence-corrected chi connectivity index (χ3v) is 2.36. The molecule has 0 radical (unpaired) electrons. The van der Waals surface area contributed by atoms with Gasteiger partial charge in [0.15, 0.2) is 0 Å². The molecule has 1 aliphatic heterocycles. The van der Waals surface area contributed by atoms with Crippen molar-refractivity contribution in [1.82, 2.24) is 0 Å². The van der Waals surface area contributed by atoms with Gasteiger partial charge in [-0.15, -0.1) is 0 Å². The van der Waals surface area contributed by atoms with E-state index in [4.69, 9.17) is 9.84 Å². The van der Waals surface area contributed by atoms with Gasteiger partial charge in [0.05, 0.1) is 0 Å². The first-order valence-corrected chi connectivity index (χ1v) is 4.03. The summed E-state index contributed by atoms with van der Waals surface area (Å²) in [5, 5.41) is 8.85. The van der Waals surface area contributed by atoms with Crippen LogP contribution in [0.5, 0.6) is 0 Å². The summed E-state index contributed by atoms with van der Waals surface area (Å²) in [5.41, 5.74) is 0. The summed E-state index contributed by atoms with van der Waals surface area (Å²) in [4.78, 5) is 0. The van der Waals surface area contributed by atoms with Crippen LogP contribution < -0.4 is 0 Å². The number of ether oxygens (including phenoxy) is 1. The van der Waals surface area contributed by atoms with E-state index in [0.29, 0.717) is 18.4 Å². The molecular weight excluding hydrogens is 128 g/mol. The largest absolute Gasteiger partial charge is 0.396 e. The molecule has 1 rings (SSSR count). The molecule has 0 aromatic rings. The van der Waals surface area contributed by atoms with E-state index in [1.807, 2.05) is 0 Å². The minimum atomic E-state index is 0.324. The highest BCUT2D eigenvalue weighted by Crippen LogP contribution is 2.22. The van der Waals surface area contributed by atoms with Gasteiger partial charge >= 0.3 is 0 Å². The summed E-state index contributed by atoms with van der Waals surface area (Å²) in [5.74, 6) is 1.16. The SMILES string of the molecule is CC(CO)C1CCOCC1. The van der Waals surface area contributed by atoms with Crippen LogP contribution in [0.25, 0.3) is 0 Å². The van der Waals surface area contributed by atoms with Crippen molar-refractivity contribution in [3.8, 4) is 0 Å². The standard InChI is InChI=1S/C8H16O2/c1-7(6-9)8-2-4-10-5-3-8/h7-9H,2-6H2,1H3. The zero-order valence-electron chi connectivity index (χ0n) is 6.55. The van der Waals surface area contributed by atoms with Gasteiger partial charge in [-0.2, -0.15) is 0 Å². The van der Waals surface area contributed by atoms with Crippen LogP contribution in [0.4, 0.5) is 0 Å². The molecule has 0 amide bonds. The maximum Gasteiger partial charge on any atom is 0.0468 e. The van der Waals surface area contributed by atoms with Crippen LogP contribution >= 0.6 is 0 Å². The molecule has 10 heavy (non-hydrogen) atoms. The Hall–Kier alpha value is -0.0800. The molecule has 2 heteroatoms. The lowest BCUT2D eigenvalue weighted by atomic mass is 9.88. The molecule has 1 unspecified atom stereocenters. The number of aliphatic hydroxyl groups is 1. The van der Waals surface area contributed by atoms with Gasteiger partial charge in [0.2, 0.25) is 0 Å². The van der Waals surface area contributed by atoms with Gasteiger partial charge in [-0.1, -0.05) is 6.92 Å². The molecule has 0 spiro atoms. The van der Waals surface area contributed by atoms with E-state index in [-0.39, 0.29) is 0 Å². The van der Waals surface area contributed by atoms with Crippen LogP contribution in [0.2, 0.25) is 0 Å². The van der Waals surface area contributed by atoms with E-state index in [2.05, 4.69) is 6.92 Å². The third-order valence-electron chi connectivity index (χ3n) is 2.36. The Bertz CT molecular complexity index is 87.3. The highest BCUT2D eigenvalue weighted by Gasteiger charge is 2.19. The van der Waals surface area contributed by atoms with E-state index in [0.717, 1.165) is 26.1 Å².